The zero-order chi connectivity index (χ0) is 5.98. The fourth-order valence-corrected chi connectivity index (χ4v) is 1.08. The smallest absolute Gasteiger partial charge is 0.202 e. The number of rotatable bonds is 3. The van der Waals surface area contributed by atoms with E-state index in [9.17, 15) is 4.79 Å². The van der Waals surface area contributed by atoms with Crippen LogP contribution in [-0.4, -0.2) is 6.29 Å². The summed E-state index contributed by atoms with van der Waals surface area (Å²) < 4.78 is 0. The van der Waals surface area contributed by atoms with Gasteiger partial charge in [-0.3, -0.25) is 4.79 Å². The number of carbonyl (C=O) groups excluding carboxylic acids is 1. The molecule has 8 heavy (non-hydrogen) atoms. The fraction of sp³-hybridized carbons (Fsp3) is 0.857. The fourth-order valence-electron chi connectivity index (χ4n) is 1.08. The van der Waals surface area contributed by atoms with Gasteiger partial charge in [-0.05, 0) is 18.8 Å². The van der Waals surface area contributed by atoms with Gasteiger partial charge in [0.1, 0.15) is 0 Å². The van der Waals surface area contributed by atoms with E-state index in [2.05, 4.69) is 6.92 Å². The van der Waals surface area contributed by atoms with Gasteiger partial charge in [0.15, 0.2) is 0 Å². The van der Waals surface area contributed by atoms with Gasteiger partial charge in [-0.1, -0.05) is 13.3 Å². The summed E-state index contributed by atoms with van der Waals surface area (Å²) in [5.74, 6) is 1.02. The molecule has 1 rings (SSSR count). The summed E-state index contributed by atoms with van der Waals surface area (Å²) in [5, 5.41) is 0. The Morgan fingerprint density at radius 1 is 1.75 bits per heavy atom. The molecule has 0 amide bonds. The van der Waals surface area contributed by atoms with Crippen LogP contribution in [0.2, 0.25) is 0 Å². The highest BCUT2D eigenvalue weighted by molar-refractivity contribution is 5.58. The summed E-state index contributed by atoms with van der Waals surface area (Å²) >= 11 is 0. The Kier molecular flexibility index (Phi) is 1.66. The quantitative estimate of drug-likeness (QED) is 0.539. The van der Waals surface area contributed by atoms with Crippen molar-refractivity contribution >= 4 is 6.29 Å². The second-order valence-corrected chi connectivity index (χ2v) is 2.51. The predicted molar refractivity (Wildman–Crippen MR) is 32.2 cm³/mol. The van der Waals surface area contributed by atoms with Crippen LogP contribution in [0.1, 0.15) is 26.2 Å². The standard InChI is InChI=1S/C7H11O/c1-2-3-6-4-7(6)5-8/h6-7H,2-4H2,1H3. The Bertz CT molecular complexity index is 88.4. The Balaban J connectivity index is 2.07. The van der Waals surface area contributed by atoms with Crippen molar-refractivity contribution in [2.24, 2.45) is 11.8 Å². The highest BCUT2D eigenvalue weighted by atomic mass is 16.1. The van der Waals surface area contributed by atoms with Crippen LogP contribution in [0.25, 0.3) is 0 Å². The van der Waals surface area contributed by atoms with Crippen molar-refractivity contribution in [3.8, 4) is 0 Å². The molecule has 1 radical (unpaired) electrons. The van der Waals surface area contributed by atoms with E-state index >= 15 is 0 Å². The van der Waals surface area contributed by atoms with Crippen molar-refractivity contribution in [1.29, 1.82) is 0 Å². The molecule has 1 saturated carbocycles. The molecule has 1 nitrogen and oxygen atoms in total. The van der Waals surface area contributed by atoms with Crippen LogP contribution in [0.5, 0.6) is 0 Å². The van der Waals surface area contributed by atoms with Crippen LogP contribution in [0.15, 0.2) is 0 Å². The zero-order valence-electron chi connectivity index (χ0n) is 5.18. The van der Waals surface area contributed by atoms with Crippen molar-refractivity contribution in [2.75, 3.05) is 0 Å². The summed E-state index contributed by atoms with van der Waals surface area (Å²) in [6, 6.07) is 0. The molecule has 0 N–H and O–H groups in total. The van der Waals surface area contributed by atoms with Gasteiger partial charge >= 0.3 is 0 Å². The minimum atomic E-state index is 0.315. The molecule has 1 aliphatic rings. The molecule has 0 aromatic heterocycles. The molecule has 1 fully saturated rings. The van der Waals surface area contributed by atoms with E-state index in [1.807, 2.05) is 6.29 Å². The highest BCUT2D eigenvalue weighted by Crippen LogP contribution is 2.39. The molecular weight excluding hydrogens is 100 g/mol. The summed E-state index contributed by atoms with van der Waals surface area (Å²) in [7, 11) is 0. The van der Waals surface area contributed by atoms with Gasteiger partial charge < -0.3 is 0 Å². The molecule has 45 valence electrons. The van der Waals surface area contributed by atoms with E-state index in [1.54, 1.807) is 0 Å². The minimum absolute atomic E-state index is 0.315. The van der Waals surface area contributed by atoms with E-state index in [4.69, 9.17) is 0 Å². The van der Waals surface area contributed by atoms with E-state index in [0.29, 0.717) is 11.8 Å². The van der Waals surface area contributed by atoms with E-state index in [1.165, 1.54) is 12.8 Å². The topological polar surface area (TPSA) is 17.1 Å². The normalized spacial score (nSPS) is 34.6. The molecular formula is C7H11O. The van der Waals surface area contributed by atoms with Gasteiger partial charge in [-0.15, -0.1) is 0 Å². The average molecular weight is 111 g/mol. The van der Waals surface area contributed by atoms with Crippen LogP contribution in [0.4, 0.5) is 0 Å². The lowest BCUT2D eigenvalue weighted by molar-refractivity contribution is 0.542. The molecule has 1 heteroatoms. The summed E-state index contributed by atoms with van der Waals surface area (Å²) in [6.45, 7) is 2.15. The predicted octanol–water partition coefficient (Wildman–Crippen LogP) is 1.53. The lowest BCUT2D eigenvalue weighted by atomic mass is 10.2. The Morgan fingerprint density at radius 3 is 2.88 bits per heavy atom. The molecule has 1 aliphatic carbocycles. The Morgan fingerprint density at radius 2 is 2.50 bits per heavy atom. The van der Waals surface area contributed by atoms with Crippen LogP contribution in [0.3, 0.4) is 0 Å². The molecule has 0 aromatic rings. The number of hydrogen-bond donors (Lipinski definition) is 0. The summed E-state index contributed by atoms with van der Waals surface area (Å²) in [4.78, 5) is 9.93. The molecule has 0 bridgehead atoms. The van der Waals surface area contributed by atoms with Crippen LogP contribution in [-0.2, 0) is 4.79 Å². The molecule has 0 heterocycles. The first-order chi connectivity index (χ1) is 3.88. The number of hydrogen-bond acceptors (Lipinski definition) is 1. The molecule has 2 atom stereocenters. The van der Waals surface area contributed by atoms with Gasteiger partial charge in [-0.2, -0.15) is 0 Å². The maximum Gasteiger partial charge on any atom is 0.202 e. The first kappa shape index (κ1) is 5.80. The molecule has 0 aromatic carbocycles. The molecule has 0 spiro atoms. The van der Waals surface area contributed by atoms with Crippen LogP contribution >= 0.6 is 0 Å². The lowest BCUT2D eigenvalue weighted by Crippen LogP contribution is -1.80. The first-order valence-electron chi connectivity index (χ1n) is 3.26. The Labute approximate surface area is 50.1 Å². The van der Waals surface area contributed by atoms with Gasteiger partial charge in [-0.25, -0.2) is 0 Å². The zero-order valence-corrected chi connectivity index (χ0v) is 5.18. The van der Waals surface area contributed by atoms with Crippen molar-refractivity contribution in [3.63, 3.8) is 0 Å². The van der Waals surface area contributed by atoms with Crippen LogP contribution in [0, 0.1) is 11.8 Å². The van der Waals surface area contributed by atoms with Crippen molar-refractivity contribution in [1.82, 2.24) is 0 Å². The minimum Gasteiger partial charge on any atom is -0.291 e. The summed E-state index contributed by atoms with van der Waals surface area (Å²) in [6.07, 6.45) is 5.57. The molecule has 0 aliphatic heterocycles. The third kappa shape index (κ3) is 1.09. The van der Waals surface area contributed by atoms with Gasteiger partial charge in [0.2, 0.25) is 6.29 Å². The average Bonchev–Trinajstić information content (AvgIpc) is 2.48. The second-order valence-electron chi connectivity index (χ2n) is 2.51. The van der Waals surface area contributed by atoms with E-state index < -0.39 is 0 Å². The van der Waals surface area contributed by atoms with Gasteiger partial charge in [0, 0.05) is 5.92 Å². The summed E-state index contributed by atoms with van der Waals surface area (Å²) in [5.41, 5.74) is 0. The van der Waals surface area contributed by atoms with Crippen LogP contribution < -0.4 is 0 Å². The highest BCUT2D eigenvalue weighted by Gasteiger charge is 2.36. The van der Waals surface area contributed by atoms with Gasteiger partial charge in [0.05, 0.1) is 0 Å². The third-order valence-corrected chi connectivity index (χ3v) is 1.73. The lowest BCUT2D eigenvalue weighted by Gasteiger charge is -1.85. The first-order valence-corrected chi connectivity index (χ1v) is 3.26. The van der Waals surface area contributed by atoms with Crippen molar-refractivity contribution < 1.29 is 4.79 Å². The second kappa shape index (κ2) is 2.29. The third-order valence-electron chi connectivity index (χ3n) is 1.73. The van der Waals surface area contributed by atoms with E-state index in [-0.39, 0.29) is 0 Å². The van der Waals surface area contributed by atoms with Gasteiger partial charge in [0.25, 0.3) is 0 Å². The Hall–Kier alpha value is -0.330. The maximum absolute atomic E-state index is 9.93. The van der Waals surface area contributed by atoms with E-state index in [0.717, 1.165) is 6.42 Å². The largest absolute Gasteiger partial charge is 0.291 e. The molecule has 0 saturated heterocycles. The SMILES string of the molecule is CCCC1CC1[C]=O. The van der Waals surface area contributed by atoms with Crippen molar-refractivity contribution in [2.45, 2.75) is 26.2 Å². The molecule has 2 unspecified atom stereocenters. The van der Waals surface area contributed by atoms with Crippen molar-refractivity contribution in [3.05, 3.63) is 0 Å². The monoisotopic (exact) mass is 111 g/mol. The maximum atomic E-state index is 9.93.